The van der Waals surface area contributed by atoms with Crippen LogP contribution in [0.15, 0.2) is 102 Å². The zero-order chi connectivity index (χ0) is 36.8. The second-order valence-electron chi connectivity index (χ2n) is 12.3. The van der Waals surface area contributed by atoms with Gasteiger partial charge in [-0.25, -0.2) is 8.42 Å². The Kier molecular flexibility index (Phi) is 12.6. The standard InChI is InChI=1S/C37H35Cl3F3N3O4S/c38-28-18-16-26(32(40)22-28)23-45(34(20-25-10-4-1-5-11-25)36(48)44-29-12-6-2-7-13-29)35(47)24-46(51(49,50)30-14-8-3-9-15-30)33-21-27(37(41,42)43)17-19-31(33)39/h1,3-5,8-11,14-19,21-22,29,34H,2,6-7,12-13,20,23-24H2,(H,44,48). The van der Waals surface area contributed by atoms with Crippen LogP contribution < -0.4 is 9.62 Å². The summed E-state index contributed by atoms with van der Waals surface area (Å²) in [6.45, 7) is -1.24. The molecule has 1 N–H and O–H groups in total. The molecule has 4 aromatic carbocycles. The first-order valence-corrected chi connectivity index (χ1v) is 18.8. The molecular weight excluding hydrogens is 746 g/mol. The zero-order valence-electron chi connectivity index (χ0n) is 27.3. The van der Waals surface area contributed by atoms with E-state index in [0.29, 0.717) is 21.0 Å². The Morgan fingerprint density at radius 2 is 1.47 bits per heavy atom. The average molecular weight is 781 g/mol. The van der Waals surface area contributed by atoms with Crippen LogP contribution in [0.5, 0.6) is 0 Å². The normalized spacial score (nSPS) is 14.5. The van der Waals surface area contributed by atoms with Gasteiger partial charge in [-0.3, -0.25) is 13.9 Å². The van der Waals surface area contributed by atoms with Gasteiger partial charge < -0.3 is 10.2 Å². The Bertz CT molecular complexity index is 1950. The fraction of sp³-hybridized carbons (Fsp3) is 0.297. The molecule has 1 aliphatic carbocycles. The monoisotopic (exact) mass is 779 g/mol. The number of benzene rings is 4. The van der Waals surface area contributed by atoms with Crippen molar-refractivity contribution in [3.05, 3.63) is 129 Å². The number of hydrogen-bond acceptors (Lipinski definition) is 4. The van der Waals surface area contributed by atoms with Crippen molar-refractivity contribution in [3.8, 4) is 0 Å². The van der Waals surface area contributed by atoms with Gasteiger partial charge in [0.1, 0.15) is 12.6 Å². The van der Waals surface area contributed by atoms with Gasteiger partial charge in [0.15, 0.2) is 0 Å². The third kappa shape index (κ3) is 9.77. The van der Waals surface area contributed by atoms with Gasteiger partial charge in [-0.05, 0) is 66.4 Å². The molecule has 4 aromatic rings. The van der Waals surface area contributed by atoms with E-state index in [1.807, 2.05) is 6.07 Å². The molecule has 1 fully saturated rings. The molecule has 0 aliphatic heterocycles. The third-order valence-electron chi connectivity index (χ3n) is 8.73. The number of carbonyl (C=O) groups is 2. The molecule has 2 amide bonds. The number of anilines is 1. The smallest absolute Gasteiger partial charge is 0.352 e. The molecule has 0 bridgehead atoms. The maximum absolute atomic E-state index is 14.7. The summed E-state index contributed by atoms with van der Waals surface area (Å²) >= 11 is 19.1. The minimum Gasteiger partial charge on any atom is -0.352 e. The molecule has 51 heavy (non-hydrogen) atoms. The number of sulfonamides is 1. The van der Waals surface area contributed by atoms with Gasteiger partial charge in [-0.15, -0.1) is 0 Å². The highest BCUT2D eigenvalue weighted by Gasteiger charge is 2.38. The predicted octanol–water partition coefficient (Wildman–Crippen LogP) is 8.95. The van der Waals surface area contributed by atoms with E-state index >= 15 is 0 Å². The Morgan fingerprint density at radius 3 is 2.10 bits per heavy atom. The highest BCUT2D eigenvalue weighted by Crippen LogP contribution is 2.38. The summed E-state index contributed by atoms with van der Waals surface area (Å²) in [7, 11) is -4.69. The van der Waals surface area contributed by atoms with Crippen LogP contribution in [-0.4, -0.2) is 43.8 Å². The van der Waals surface area contributed by atoms with Crippen LogP contribution in [0, 0.1) is 0 Å². The number of halogens is 6. The van der Waals surface area contributed by atoms with Gasteiger partial charge in [0.25, 0.3) is 10.0 Å². The van der Waals surface area contributed by atoms with E-state index in [0.717, 1.165) is 49.8 Å². The largest absolute Gasteiger partial charge is 0.416 e. The fourth-order valence-corrected chi connectivity index (χ4v) is 8.23. The van der Waals surface area contributed by atoms with Crippen molar-refractivity contribution < 1.29 is 31.2 Å². The van der Waals surface area contributed by atoms with E-state index in [1.54, 1.807) is 42.5 Å². The fourth-order valence-electron chi connectivity index (χ4n) is 6.04. The molecular formula is C37H35Cl3F3N3O4S. The molecule has 1 unspecified atom stereocenters. The summed E-state index contributed by atoms with van der Waals surface area (Å²) in [5.74, 6) is -1.34. The number of alkyl halides is 3. The first-order chi connectivity index (χ1) is 24.2. The topological polar surface area (TPSA) is 86.8 Å². The first-order valence-electron chi connectivity index (χ1n) is 16.3. The summed E-state index contributed by atoms with van der Waals surface area (Å²) in [5, 5.41) is 3.28. The van der Waals surface area contributed by atoms with Crippen LogP contribution in [0.25, 0.3) is 0 Å². The second-order valence-corrected chi connectivity index (χ2v) is 15.4. The van der Waals surface area contributed by atoms with E-state index < -0.39 is 51.9 Å². The Hall–Kier alpha value is -3.77. The lowest BCUT2D eigenvalue weighted by Crippen LogP contribution is -2.55. The summed E-state index contributed by atoms with van der Waals surface area (Å²) in [6, 6.07) is 21.5. The van der Waals surface area contributed by atoms with Gasteiger partial charge in [-0.2, -0.15) is 13.2 Å². The lowest BCUT2D eigenvalue weighted by Gasteiger charge is -2.35. The van der Waals surface area contributed by atoms with Gasteiger partial charge in [0.2, 0.25) is 11.8 Å². The predicted molar refractivity (Wildman–Crippen MR) is 193 cm³/mol. The van der Waals surface area contributed by atoms with Crippen molar-refractivity contribution in [2.24, 2.45) is 0 Å². The molecule has 0 aromatic heterocycles. The van der Waals surface area contributed by atoms with Crippen molar-refractivity contribution in [2.75, 3.05) is 10.8 Å². The number of amides is 2. The lowest BCUT2D eigenvalue weighted by atomic mass is 9.94. The summed E-state index contributed by atoms with van der Waals surface area (Å²) < 4.78 is 70.7. The SMILES string of the molecule is O=C(NC1CCCCC1)C(Cc1ccccc1)N(Cc1ccc(Cl)cc1Cl)C(=O)CN(c1cc(C(F)(F)F)ccc1Cl)S(=O)(=O)c1ccccc1. The molecule has 0 spiro atoms. The minimum absolute atomic E-state index is 0.0477. The highest BCUT2D eigenvalue weighted by molar-refractivity contribution is 7.92. The van der Waals surface area contributed by atoms with Crippen molar-refractivity contribution in [1.82, 2.24) is 10.2 Å². The summed E-state index contributed by atoms with van der Waals surface area (Å²) in [5.41, 5.74) is -0.593. The van der Waals surface area contributed by atoms with Gasteiger partial charge >= 0.3 is 6.18 Å². The quantitative estimate of drug-likeness (QED) is 0.156. The Balaban J connectivity index is 1.63. The maximum Gasteiger partial charge on any atom is 0.416 e. The molecule has 7 nitrogen and oxygen atoms in total. The number of nitrogens with zero attached hydrogens (tertiary/aromatic N) is 2. The molecule has 0 radical (unpaired) electrons. The number of carbonyl (C=O) groups excluding carboxylic acids is 2. The molecule has 1 aliphatic rings. The van der Waals surface area contributed by atoms with Crippen molar-refractivity contribution in [1.29, 1.82) is 0 Å². The summed E-state index contributed by atoms with van der Waals surface area (Å²) in [6.07, 6.45) is -0.366. The number of hydrogen-bond donors (Lipinski definition) is 1. The third-order valence-corrected chi connectivity index (χ3v) is 11.4. The molecule has 0 saturated heterocycles. The first kappa shape index (κ1) is 38.5. The van der Waals surface area contributed by atoms with E-state index in [1.165, 1.54) is 35.2 Å². The zero-order valence-corrected chi connectivity index (χ0v) is 30.3. The van der Waals surface area contributed by atoms with Crippen molar-refractivity contribution >= 4 is 62.3 Å². The molecule has 270 valence electrons. The van der Waals surface area contributed by atoms with Gasteiger partial charge in [0, 0.05) is 29.1 Å². The summed E-state index contributed by atoms with van der Waals surface area (Å²) in [4.78, 5) is 29.9. The Morgan fingerprint density at radius 1 is 0.824 bits per heavy atom. The average Bonchev–Trinajstić information content (AvgIpc) is 3.10. The van der Waals surface area contributed by atoms with Crippen LogP contribution in [-0.2, 0) is 38.8 Å². The van der Waals surface area contributed by atoms with Gasteiger partial charge in [-0.1, -0.05) is 109 Å². The van der Waals surface area contributed by atoms with Gasteiger partial charge in [0.05, 0.1) is 21.2 Å². The van der Waals surface area contributed by atoms with E-state index in [2.05, 4.69) is 5.32 Å². The van der Waals surface area contributed by atoms with E-state index in [9.17, 15) is 31.2 Å². The highest BCUT2D eigenvalue weighted by atomic mass is 35.5. The van der Waals surface area contributed by atoms with E-state index in [-0.39, 0.29) is 33.9 Å². The van der Waals surface area contributed by atoms with E-state index in [4.69, 9.17) is 34.8 Å². The number of nitrogens with one attached hydrogen (secondary N) is 1. The van der Waals surface area contributed by atoms with Crippen LogP contribution in [0.2, 0.25) is 15.1 Å². The molecule has 5 rings (SSSR count). The van der Waals surface area contributed by atoms with Crippen LogP contribution in [0.1, 0.15) is 48.8 Å². The van der Waals surface area contributed by atoms with Crippen molar-refractivity contribution in [3.63, 3.8) is 0 Å². The van der Waals surface area contributed by atoms with Crippen molar-refractivity contribution in [2.45, 2.75) is 68.2 Å². The Labute approximate surface area is 310 Å². The second kappa shape index (κ2) is 16.7. The van der Waals surface area contributed by atoms with Crippen LogP contribution in [0.4, 0.5) is 18.9 Å². The molecule has 0 heterocycles. The van der Waals surface area contributed by atoms with Crippen LogP contribution >= 0.6 is 34.8 Å². The molecule has 1 atom stereocenters. The number of rotatable bonds is 12. The molecule has 14 heteroatoms. The molecule has 1 saturated carbocycles. The maximum atomic E-state index is 14.7. The minimum atomic E-state index is -4.85. The van der Waals surface area contributed by atoms with Crippen LogP contribution in [0.3, 0.4) is 0 Å². The lowest BCUT2D eigenvalue weighted by molar-refractivity contribution is -0.140.